The third kappa shape index (κ3) is 1.50. The lowest BCUT2D eigenvalue weighted by Gasteiger charge is -2.26. The lowest BCUT2D eigenvalue weighted by Crippen LogP contribution is -2.43. The van der Waals surface area contributed by atoms with Crippen LogP contribution >= 0.6 is 0 Å². The van der Waals surface area contributed by atoms with Gasteiger partial charge in [-0.3, -0.25) is 14.5 Å². The minimum absolute atomic E-state index is 0.00139. The molecule has 4 nitrogen and oxygen atoms in total. The van der Waals surface area contributed by atoms with Gasteiger partial charge in [-0.1, -0.05) is 6.92 Å². The van der Waals surface area contributed by atoms with Crippen LogP contribution in [0.25, 0.3) is 0 Å². The molecule has 4 atom stereocenters. The van der Waals surface area contributed by atoms with E-state index in [-0.39, 0.29) is 35.6 Å². The van der Waals surface area contributed by atoms with E-state index in [1.54, 1.807) is 0 Å². The normalized spacial score (nSPS) is 43.3. The average Bonchev–Trinajstić information content (AvgIpc) is 2.99. The van der Waals surface area contributed by atoms with Crippen LogP contribution in [0.1, 0.15) is 39.0 Å². The van der Waals surface area contributed by atoms with Gasteiger partial charge in [0.2, 0.25) is 11.8 Å². The molecule has 1 saturated heterocycles. The molecule has 96 valence electrons. The summed E-state index contributed by atoms with van der Waals surface area (Å²) in [6, 6.07) is 2.12. The molecule has 3 rings (SSSR count). The van der Waals surface area contributed by atoms with Crippen molar-refractivity contribution in [3.8, 4) is 6.07 Å². The lowest BCUT2D eigenvalue weighted by atomic mass is 10.00. The largest absolute Gasteiger partial charge is 0.278 e. The molecule has 1 heterocycles. The number of rotatable bonds is 1. The minimum atomic E-state index is -0.144. The summed E-state index contributed by atoms with van der Waals surface area (Å²) in [5, 5.41) is 9.12. The van der Waals surface area contributed by atoms with Crippen LogP contribution in [0.2, 0.25) is 0 Å². The first-order valence-electron chi connectivity index (χ1n) is 6.90. The van der Waals surface area contributed by atoms with E-state index in [0.717, 1.165) is 32.1 Å². The molecule has 3 fully saturated rings. The first-order chi connectivity index (χ1) is 8.63. The van der Waals surface area contributed by atoms with E-state index in [0.29, 0.717) is 5.92 Å². The maximum absolute atomic E-state index is 12.4. The molecular weight excluding hydrogens is 228 g/mol. The monoisotopic (exact) mass is 246 g/mol. The van der Waals surface area contributed by atoms with Gasteiger partial charge in [-0.05, 0) is 38.0 Å². The Hall–Kier alpha value is -1.37. The molecule has 4 heteroatoms. The molecule has 0 radical (unpaired) electrons. The third-order valence-corrected chi connectivity index (χ3v) is 4.88. The molecule has 2 saturated carbocycles. The highest BCUT2D eigenvalue weighted by Crippen LogP contribution is 2.45. The van der Waals surface area contributed by atoms with Crippen LogP contribution in [0.15, 0.2) is 0 Å². The quantitative estimate of drug-likeness (QED) is 0.662. The van der Waals surface area contributed by atoms with Crippen LogP contribution in [-0.2, 0) is 9.59 Å². The summed E-state index contributed by atoms with van der Waals surface area (Å²) in [6.07, 6.45) is 4.27. The maximum atomic E-state index is 12.4. The number of nitriles is 1. The molecule has 0 N–H and O–H groups in total. The van der Waals surface area contributed by atoms with Gasteiger partial charge in [-0.2, -0.15) is 5.26 Å². The number of likely N-dealkylation sites (tertiary alicyclic amines) is 1. The van der Waals surface area contributed by atoms with Crippen molar-refractivity contribution in [2.75, 3.05) is 0 Å². The van der Waals surface area contributed by atoms with E-state index < -0.39 is 0 Å². The van der Waals surface area contributed by atoms with Crippen LogP contribution in [0, 0.1) is 35.0 Å². The van der Waals surface area contributed by atoms with Crippen molar-refractivity contribution in [1.82, 2.24) is 4.90 Å². The maximum Gasteiger partial charge on any atom is 0.233 e. The number of carbonyl (C=O) groups is 2. The van der Waals surface area contributed by atoms with Crippen LogP contribution in [0.3, 0.4) is 0 Å². The zero-order valence-corrected chi connectivity index (χ0v) is 10.6. The summed E-state index contributed by atoms with van der Waals surface area (Å²) in [6.45, 7) is 2.11. The van der Waals surface area contributed by atoms with Crippen LogP contribution in [0.4, 0.5) is 0 Å². The smallest absolute Gasteiger partial charge is 0.233 e. The fourth-order valence-corrected chi connectivity index (χ4v) is 4.03. The first kappa shape index (κ1) is 11.7. The average molecular weight is 246 g/mol. The number of hydrogen-bond acceptors (Lipinski definition) is 3. The van der Waals surface area contributed by atoms with Crippen molar-refractivity contribution < 1.29 is 9.59 Å². The number of imide groups is 1. The highest BCUT2D eigenvalue weighted by Gasteiger charge is 2.55. The van der Waals surface area contributed by atoms with E-state index >= 15 is 0 Å². The Morgan fingerprint density at radius 2 is 1.78 bits per heavy atom. The molecule has 2 aliphatic carbocycles. The molecule has 3 aliphatic rings. The molecule has 0 spiro atoms. The second-order valence-electron chi connectivity index (χ2n) is 6.07. The molecule has 1 aliphatic heterocycles. The molecule has 0 aromatic carbocycles. The predicted octanol–water partition coefficient (Wildman–Crippen LogP) is 1.71. The van der Waals surface area contributed by atoms with Crippen molar-refractivity contribution in [2.24, 2.45) is 23.7 Å². The number of hydrogen-bond donors (Lipinski definition) is 0. The fraction of sp³-hybridized carbons (Fsp3) is 0.786. The Morgan fingerprint density at radius 1 is 1.17 bits per heavy atom. The van der Waals surface area contributed by atoms with Gasteiger partial charge in [0.15, 0.2) is 0 Å². The van der Waals surface area contributed by atoms with Crippen molar-refractivity contribution in [2.45, 2.75) is 45.1 Å². The van der Waals surface area contributed by atoms with Crippen molar-refractivity contribution in [3.63, 3.8) is 0 Å². The molecule has 0 aromatic heterocycles. The highest BCUT2D eigenvalue weighted by molar-refractivity contribution is 6.05. The summed E-state index contributed by atoms with van der Waals surface area (Å²) in [7, 11) is 0. The Bertz CT molecular complexity index is 416. The van der Waals surface area contributed by atoms with Crippen LogP contribution in [0.5, 0.6) is 0 Å². The van der Waals surface area contributed by atoms with Gasteiger partial charge in [0.25, 0.3) is 0 Å². The standard InChI is InChI=1S/C14H18N2O2/c1-8-5-10-11(6-8)14(18)16(13(10)17)12-4-2-3-9(12)7-15/h8-12H,2-6H2,1H3. The molecular formula is C14H18N2O2. The highest BCUT2D eigenvalue weighted by atomic mass is 16.2. The molecule has 18 heavy (non-hydrogen) atoms. The summed E-state index contributed by atoms with van der Waals surface area (Å²) < 4.78 is 0. The minimum Gasteiger partial charge on any atom is -0.278 e. The summed E-state index contributed by atoms with van der Waals surface area (Å²) >= 11 is 0. The molecule has 2 amide bonds. The Labute approximate surface area is 107 Å². The van der Waals surface area contributed by atoms with E-state index in [4.69, 9.17) is 5.26 Å². The number of carbonyl (C=O) groups excluding carboxylic acids is 2. The summed E-state index contributed by atoms with van der Waals surface area (Å²) in [5.41, 5.74) is 0. The van der Waals surface area contributed by atoms with Gasteiger partial charge in [-0.15, -0.1) is 0 Å². The van der Waals surface area contributed by atoms with Gasteiger partial charge in [-0.25, -0.2) is 0 Å². The van der Waals surface area contributed by atoms with E-state index in [1.165, 1.54) is 4.90 Å². The Balaban J connectivity index is 1.85. The van der Waals surface area contributed by atoms with Crippen LogP contribution in [-0.4, -0.2) is 22.8 Å². The van der Waals surface area contributed by atoms with Crippen molar-refractivity contribution in [1.29, 1.82) is 5.26 Å². The Kier molecular flexibility index (Phi) is 2.65. The van der Waals surface area contributed by atoms with Crippen molar-refractivity contribution >= 4 is 11.8 Å². The fourth-order valence-electron chi connectivity index (χ4n) is 4.03. The molecule has 4 unspecified atom stereocenters. The second kappa shape index (κ2) is 4.08. The predicted molar refractivity (Wildman–Crippen MR) is 64.0 cm³/mol. The van der Waals surface area contributed by atoms with Gasteiger partial charge in [0, 0.05) is 0 Å². The summed E-state index contributed by atoms with van der Waals surface area (Å²) in [4.78, 5) is 26.2. The number of nitrogens with zero attached hydrogens (tertiary/aromatic N) is 2. The second-order valence-corrected chi connectivity index (χ2v) is 6.07. The number of fused-ring (bicyclic) bond motifs is 1. The van der Waals surface area contributed by atoms with E-state index in [9.17, 15) is 9.59 Å². The first-order valence-corrected chi connectivity index (χ1v) is 6.90. The third-order valence-electron chi connectivity index (χ3n) is 4.88. The summed E-state index contributed by atoms with van der Waals surface area (Å²) in [5.74, 6) is 0.155. The molecule has 0 bridgehead atoms. The van der Waals surface area contributed by atoms with Gasteiger partial charge in [0.05, 0.1) is 29.9 Å². The lowest BCUT2D eigenvalue weighted by molar-refractivity contribution is -0.143. The van der Waals surface area contributed by atoms with Gasteiger partial charge in [0.1, 0.15) is 0 Å². The van der Waals surface area contributed by atoms with E-state index in [2.05, 4.69) is 13.0 Å². The molecule has 0 aromatic rings. The SMILES string of the molecule is CC1CC2C(=O)N(C3CCCC3C#N)C(=O)C2C1. The Morgan fingerprint density at radius 3 is 2.33 bits per heavy atom. The van der Waals surface area contributed by atoms with Crippen molar-refractivity contribution in [3.05, 3.63) is 0 Å². The van der Waals surface area contributed by atoms with Crippen LogP contribution < -0.4 is 0 Å². The number of amides is 2. The van der Waals surface area contributed by atoms with E-state index in [1.807, 2.05) is 0 Å². The van der Waals surface area contributed by atoms with Gasteiger partial charge < -0.3 is 0 Å². The zero-order chi connectivity index (χ0) is 12.9. The van der Waals surface area contributed by atoms with Gasteiger partial charge >= 0.3 is 0 Å². The zero-order valence-electron chi connectivity index (χ0n) is 10.6. The topological polar surface area (TPSA) is 61.2 Å².